The quantitative estimate of drug-likeness (QED) is 0.312. The standard InChI is InChI=1S/C30H35N5O5/c1-7-40-22-14-12-21(13-15-22)35(27(36)19-34-26-11-9-8-10-25(26)32-33-34)28(29(37)31-30(2,3)4)20-16-23(38-5)18-24(17-20)39-6/h8-18,28H,7,19H2,1-6H3,(H,31,37). The van der Waals surface area contributed by atoms with Crippen LogP contribution < -0.4 is 24.4 Å². The maximum atomic E-state index is 14.2. The Balaban J connectivity index is 1.87. The fourth-order valence-corrected chi connectivity index (χ4v) is 4.39. The van der Waals surface area contributed by atoms with E-state index in [9.17, 15) is 9.59 Å². The van der Waals surface area contributed by atoms with Gasteiger partial charge in [0, 0.05) is 17.3 Å². The van der Waals surface area contributed by atoms with E-state index in [0.29, 0.717) is 46.1 Å². The first-order chi connectivity index (χ1) is 19.1. The Kier molecular flexibility index (Phi) is 8.57. The average molecular weight is 546 g/mol. The number of anilines is 1. The van der Waals surface area contributed by atoms with Crippen LogP contribution in [-0.2, 0) is 16.1 Å². The Hall–Kier alpha value is -4.60. The molecule has 0 spiro atoms. The Bertz CT molecular complexity index is 1450. The van der Waals surface area contributed by atoms with Crippen LogP contribution in [0.15, 0.2) is 66.7 Å². The number of para-hydroxylation sites is 1. The molecule has 0 radical (unpaired) electrons. The van der Waals surface area contributed by atoms with Gasteiger partial charge in [0.2, 0.25) is 11.8 Å². The summed E-state index contributed by atoms with van der Waals surface area (Å²) in [5.41, 5.74) is 1.84. The van der Waals surface area contributed by atoms with Crippen LogP contribution in [0.3, 0.4) is 0 Å². The molecule has 0 aliphatic rings. The molecule has 1 N–H and O–H groups in total. The van der Waals surface area contributed by atoms with Crippen molar-refractivity contribution in [3.05, 3.63) is 72.3 Å². The van der Waals surface area contributed by atoms with Gasteiger partial charge in [-0.1, -0.05) is 17.3 Å². The van der Waals surface area contributed by atoms with Crippen LogP contribution in [0.2, 0.25) is 0 Å². The molecule has 3 aromatic carbocycles. The van der Waals surface area contributed by atoms with Crippen molar-refractivity contribution in [2.75, 3.05) is 25.7 Å². The zero-order valence-electron chi connectivity index (χ0n) is 23.7. The van der Waals surface area contributed by atoms with Gasteiger partial charge in [-0.25, -0.2) is 4.68 Å². The molecule has 0 bridgehead atoms. The largest absolute Gasteiger partial charge is 0.497 e. The van der Waals surface area contributed by atoms with Crippen molar-refractivity contribution in [1.29, 1.82) is 0 Å². The van der Waals surface area contributed by atoms with Crippen molar-refractivity contribution in [2.45, 2.75) is 45.8 Å². The lowest BCUT2D eigenvalue weighted by Gasteiger charge is -2.34. The zero-order chi connectivity index (χ0) is 28.9. The summed E-state index contributed by atoms with van der Waals surface area (Å²) in [5, 5.41) is 11.4. The third kappa shape index (κ3) is 6.51. The molecule has 0 aliphatic carbocycles. The molecule has 2 amide bonds. The molecule has 0 saturated carbocycles. The zero-order valence-corrected chi connectivity index (χ0v) is 23.7. The van der Waals surface area contributed by atoms with E-state index in [4.69, 9.17) is 14.2 Å². The van der Waals surface area contributed by atoms with E-state index in [-0.39, 0.29) is 18.4 Å². The monoisotopic (exact) mass is 545 g/mol. The van der Waals surface area contributed by atoms with Crippen LogP contribution in [0.1, 0.15) is 39.3 Å². The first-order valence-electron chi connectivity index (χ1n) is 13.0. The predicted octanol–water partition coefficient (Wildman–Crippen LogP) is 4.54. The van der Waals surface area contributed by atoms with E-state index in [0.717, 1.165) is 0 Å². The number of fused-ring (bicyclic) bond motifs is 1. The third-order valence-corrected chi connectivity index (χ3v) is 6.09. The molecule has 10 heteroatoms. The molecule has 1 heterocycles. The fourth-order valence-electron chi connectivity index (χ4n) is 4.39. The second-order valence-electron chi connectivity index (χ2n) is 10.2. The second kappa shape index (κ2) is 12.1. The summed E-state index contributed by atoms with van der Waals surface area (Å²) in [7, 11) is 3.07. The van der Waals surface area contributed by atoms with Gasteiger partial charge in [0.1, 0.15) is 35.4 Å². The van der Waals surface area contributed by atoms with Gasteiger partial charge < -0.3 is 19.5 Å². The minimum Gasteiger partial charge on any atom is -0.497 e. The van der Waals surface area contributed by atoms with Crippen molar-refractivity contribution in [2.24, 2.45) is 0 Å². The minimum atomic E-state index is -1.07. The van der Waals surface area contributed by atoms with Gasteiger partial charge in [-0.15, -0.1) is 5.10 Å². The summed E-state index contributed by atoms with van der Waals surface area (Å²) >= 11 is 0. The molecule has 10 nitrogen and oxygen atoms in total. The highest BCUT2D eigenvalue weighted by Crippen LogP contribution is 2.34. The minimum absolute atomic E-state index is 0.145. The van der Waals surface area contributed by atoms with E-state index in [1.165, 1.54) is 23.8 Å². The molecule has 4 aromatic rings. The maximum Gasteiger partial charge on any atom is 0.249 e. The van der Waals surface area contributed by atoms with Crippen molar-refractivity contribution in [3.8, 4) is 17.2 Å². The van der Waals surface area contributed by atoms with Crippen molar-refractivity contribution >= 4 is 28.5 Å². The molecule has 1 aromatic heterocycles. The Labute approximate surface area is 233 Å². The summed E-state index contributed by atoms with van der Waals surface area (Å²) in [5.74, 6) is 0.900. The van der Waals surface area contributed by atoms with Gasteiger partial charge >= 0.3 is 0 Å². The number of carbonyl (C=O) groups is 2. The van der Waals surface area contributed by atoms with E-state index >= 15 is 0 Å². The molecular weight excluding hydrogens is 510 g/mol. The number of nitrogens with one attached hydrogen (secondary N) is 1. The molecule has 0 aliphatic heterocycles. The lowest BCUT2D eigenvalue weighted by Crippen LogP contribution is -2.50. The first kappa shape index (κ1) is 28.4. The number of aromatic nitrogens is 3. The van der Waals surface area contributed by atoms with Crippen LogP contribution in [0.4, 0.5) is 5.69 Å². The molecule has 0 fully saturated rings. The summed E-state index contributed by atoms with van der Waals surface area (Å²) in [6, 6.07) is 18.6. The van der Waals surface area contributed by atoms with Crippen LogP contribution in [0, 0.1) is 0 Å². The topological polar surface area (TPSA) is 108 Å². The predicted molar refractivity (Wildman–Crippen MR) is 153 cm³/mol. The molecule has 1 unspecified atom stereocenters. The Morgan fingerprint density at radius 2 is 1.60 bits per heavy atom. The Morgan fingerprint density at radius 3 is 2.20 bits per heavy atom. The third-order valence-electron chi connectivity index (χ3n) is 6.09. The number of rotatable bonds is 10. The molecule has 210 valence electrons. The summed E-state index contributed by atoms with van der Waals surface area (Å²) in [6.07, 6.45) is 0. The van der Waals surface area contributed by atoms with E-state index in [1.807, 2.05) is 52.0 Å². The van der Waals surface area contributed by atoms with Crippen LogP contribution in [-0.4, -0.2) is 53.2 Å². The molecule has 40 heavy (non-hydrogen) atoms. The summed E-state index contributed by atoms with van der Waals surface area (Å²) in [6.45, 7) is 7.92. The number of methoxy groups -OCH3 is 2. The summed E-state index contributed by atoms with van der Waals surface area (Å²) < 4.78 is 18.1. The van der Waals surface area contributed by atoms with Crippen LogP contribution >= 0.6 is 0 Å². The molecule has 0 saturated heterocycles. The van der Waals surface area contributed by atoms with Crippen molar-refractivity contribution < 1.29 is 23.8 Å². The number of hydrogen-bond donors (Lipinski definition) is 1. The number of hydrogen-bond acceptors (Lipinski definition) is 7. The molecular formula is C30H35N5O5. The average Bonchev–Trinajstić information content (AvgIpc) is 3.33. The number of benzene rings is 3. The molecule has 1 atom stereocenters. The van der Waals surface area contributed by atoms with E-state index in [1.54, 1.807) is 42.5 Å². The number of carbonyl (C=O) groups excluding carboxylic acids is 2. The van der Waals surface area contributed by atoms with Crippen LogP contribution in [0.5, 0.6) is 17.2 Å². The lowest BCUT2D eigenvalue weighted by molar-refractivity contribution is -0.128. The highest BCUT2D eigenvalue weighted by Gasteiger charge is 2.35. The highest BCUT2D eigenvalue weighted by molar-refractivity contribution is 6.01. The van der Waals surface area contributed by atoms with Gasteiger partial charge in [-0.2, -0.15) is 0 Å². The number of amides is 2. The van der Waals surface area contributed by atoms with Crippen LogP contribution in [0.25, 0.3) is 11.0 Å². The Morgan fingerprint density at radius 1 is 0.950 bits per heavy atom. The van der Waals surface area contributed by atoms with Gasteiger partial charge in [0.05, 0.1) is 26.3 Å². The van der Waals surface area contributed by atoms with E-state index < -0.39 is 11.6 Å². The van der Waals surface area contributed by atoms with Gasteiger partial charge in [-0.05, 0) is 81.8 Å². The van der Waals surface area contributed by atoms with Gasteiger partial charge in [0.15, 0.2) is 0 Å². The van der Waals surface area contributed by atoms with E-state index in [2.05, 4.69) is 15.6 Å². The summed E-state index contributed by atoms with van der Waals surface area (Å²) in [4.78, 5) is 29.7. The molecule has 4 rings (SSSR count). The normalized spacial score (nSPS) is 12.1. The number of nitrogens with zero attached hydrogens (tertiary/aromatic N) is 4. The van der Waals surface area contributed by atoms with Gasteiger partial charge in [-0.3, -0.25) is 14.5 Å². The fraction of sp³-hybridized carbons (Fsp3) is 0.333. The SMILES string of the molecule is CCOc1ccc(N(C(=O)Cn2nnc3ccccc32)C(C(=O)NC(C)(C)C)c2cc(OC)cc(OC)c2)cc1. The first-order valence-corrected chi connectivity index (χ1v) is 13.0. The van der Waals surface area contributed by atoms with Gasteiger partial charge in [0.25, 0.3) is 0 Å². The number of ether oxygens (including phenoxy) is 3. The van der Waals surface area contributed by atoms with Crippen molar-refractivity contribution in [3.63, 3.8) is 0 Å². The van der Waals surface area contributed by atoms with Crippen molar-refractivity contribution in [1.82, 2.24) is 20.3 Å². The second-order valence-corrected chi connectivity index (χ2v) is 10.2. The highest BCUT2D eigenvalue weighted by atomic mass is 16.5. The maximum absolute atomic E-state index is 14.2. The lowest BCUT2D eigenvalue weighted by atomic mass is 10.00. The smallest absolute Gasteiger partial charge is 0.249 e.